The van der Waals surface area contributed by atoms with E-state index in [4.69, 9.17) is 17.3 Å². The van der Waals surface area contributed by atoms with E-state index in [1.807, 2.05) is 62.6 Å². The summed E-state index contributed by atoms with van der Waals surface area (Å²) in [5.74, 6) is 1.35. The first-order chi connectivity index (χ1) is 54.3. The Hall–Kier alpha value is -10.2. The zero-order valence-electron chi connectivity index (χ0n) is 63.7. The first-order valence-electron chi connectivity index (χ1n) is 38.6. The fourth-order valence-corrected chi connectivity index (χ4v) is 15.9. The van der Waals surface area contributed by atoms with Gasteiger partial charge in [-0.05, 0) is 143 Å². The SMILES string of the molecule is CC1CCc2nc3c(F)cc(-c4nc(Cl)ncc4F)cc3n21.CCN1CCN(Cc2ccc(N)nc2)CC1.CCN1CCN(Cc2ccc(Nc3ncc(F)c(-c4cc(F)c5nc6n(c5c4)C(C)CC6)n3)nc2)CC1.CCN1CCN(Cc2ccc(Nc3ncc(F)c(-c4cc(F)c5nc6n(c5c4)C(C)CC6)n3)nc2)CC1. The molecule has 6 aliphatic heterocycles. The van der Waals surface area contributed by atoms with Crippen LogP contribution in [0.2, 0.25) is 5.28 Å². The first kappa shape index (κ1) is 77.1. The van der Waals surface area contributed by atoms with Crippen molar-refractivity contribution in [2.45, 2.75) is 118 Å². The molecule has 3 unspecified atom stereocenters. The van der Waals surface area contributed by atoms with E-state index in [0.29, 0.717) is 67.2 Å². The predicted molar refractivity (Wildman–Crippen MR) is 422 cm³/mol. The smallest absolute Gasteiger partial charge is 0.229 e. The Morgan fingerprint density at radius 2 is 0.696 bits per heavy atom. The highest BCUT2D eigenvalue weighted by Gasteiger charge is 2.30. The number of hydrogen-bond acceptors (Lipinski definition) is 21. The number of nitrogens with zero attached hydrogens (tertiary/aromatic N) is 21. The van der Waals surface area contributed by atoms with Gasteiger partial charge in [0.15, 0.2) is 34.9 Å². The van der Waals surface area contributed by atoms with Crippen LogP contribution in [-0.4, -0.2) is 201 Å². The fraction of sp³-hybridized carbons (Fsp3) is 0.407. The summed E-state index contributed by atoms with van der Waals surface area (Å²) in [6, 6.07) is 21.5. The maximum Gasteiger partial charge on any atom is 0.229 e. The van der Waals surface area contributed by atoms with Crippen molar-refractivity contribution in [2.75, 3.05) is 115 Å². The first-order valence-corrected chi connectivity index (χ1v) is 39.0. The number of benzene rings is 3. The molecular weight excluding hydrogens is 1460 g/mol. The van der Waals surface area contributed by atoms with E-state index < -0.39 is 34.9 Å². The summed E-state index contributed by atoms with van der Waals surface area (Å²) in [6.07, 6.45) is 14.1. The minimum atomic E-state index is -0.641. The number of nitrogens with two attached hydrogens (primary N) is 1. The minimum absolute atomic E-state index is 0.0120. The summed E-state index contributed by atoms with van der Waals surface area (Å²) in [4.78, 5) is 65.4. The van der Waals surface area contributed by atoms with Crippen molar-refractivity contribution < 1.29 is 26.3 Å². The lowest BCUT2D eigenvalue weighted by Gasteiger charge is -2.33. The highest BCUT2D eigenvalue weighted by atomic mass is 35.5. The van der Waals surface area contributed by atoms with Crippen molar-refractivity contribution in [3.63, 3.8) is 0 Å². The van der Waals surface area contributed by atoms with E-state index in [1.165, 1.54) is 36.9 Å². The summed E-state index contributed by atoms with van der Waals surface area (Å²) in [6.45, 7) is 32.1. The van der Waals surface area contributed by atoms with Crippen molar-refractivity contribution in [3.8, 4) is 33.8 Å². The number of piperazine rings is 3. The van der Waals surface area contributed by atoms with Gasteiger partial charge in [-0.3, -0.25) is 14.7 Å². The van der Waals surface area contributed by atoms with Crippen LogP contribution in [0.5, 0.6) is 0 Å². The molecular formula is C81H91ClF6N24. The molecule has 0 spiro atoms. The minimum Gasteiger partial charge on any atom is -0.384 e. The molecule has 3 atom stereocenters. The van der Waals surface area contributed by atoms with Gasteiger partial charge in [0.25, 0.3) is 0 Å². The van der Waals surface area contributed by atoms with Gasteiger partial charge in [-0.1, -0.05) is 39.0 Å². The molecule has 24 nitrogen and oxygen atoms in total. The third-order valence-electron chi connectivity index (χ3n) is 22.1. The number of halogens is 7. The molecule has 584 valence electrons. The van der Waals surface area contributed by atoms with Gasteiger partial charge in [-0.25, -0.2) is 86.2 Å². The molecule has 3 aromatic carbocycles. The third-order valence-corrected chi connectivity index (χ3v) is 22.3. The van der Waals surface area contributed by atoms with Crippen molar-refractivity contribution in [1.82, 2.24) is 103 Å². The van der Waals surface area contributed by atoms with Gasteiger partial charge in [0.05, 0.1) is 35.1 Å². The number of aromatic nitrogens is 15. The second-order valence-electron chi connectivity index (χ2n) is 29.5. The van der Waals surface area contributed by atoms with E-state index in [-0.39, 0.29) is 52.4 Å². The summed E-state index contributed by atoms with van der Waals surface area (Å²) in [5, 5.41) is 6.02. The topological polar surface area (TPSA) is 239 Å². The molecule has 15 heterocycles. The molecule has 0 aliphatic carbocycles. The van der Waals surface area contributed by atoms with Crippen molar-refractivity contribution >= 4 is 74.1 Å². The Balaban J connectivity index is 0.000000124. The lowest BCUT2D eigenvalue weighted by Crippen LogP contribution is -2.45. The van der Waals surface area contributed by atoms with Crippen LogP contribution >= 0.6 is 11.6 Å². The molecule has 0 radical (unpaired) electrons. The normalized spacial score (nSPS) is 18.2. The number of imidazole rings is 3. The van der Waals surface area contributed by atoms with Crippen LogP contribution in [0.1, 0.15) is 113 Å². The highest BCUT2D eigenvalue weighted by molar-refractivity contribution is 6.28. The molecule has 3 saturated heterocycles. The number of pyridine rings is 3. The molecule has 0 amide bonds. The van der Waals surface area contributed by atoms with Gasteiger partial charge >= 0.3 is 0 Å². The number of nitrogen functional groups attached to an aromatic ring is 1. The largest absolute Gasteiger partial charge is 0.384 e. The Labute approximate surface area is 650 Å². The van der Waals surface area contributed by atoms with E-state index in [2.05, 4.69) is 147 Å². The molecule has 3 fully saturated rings. The van der Waals surface area contributed by atoms with Crippen LogP contribution in [0, 0.1) is 34.9 Å². The standard InChI is InChI=1S/2C27H30F2N8.C15H11ClF2N4.C12H20N4/c2*1-3-35-8-10-36(11-9-35)16-18-5-6-23(30-14-18)32-27-31-15-21(29)25(34-27)19-12-20(28)26-22(13-19)37-17(2)4-7-24(37)33-26;1-7-2-3-12-20-14-9(17)4-8(5-11(14)22(7)12)13-10(18)6-19-15(16)21-13;1-2-15-5-7-16(8-6-15)10-11-3-4-12(13)14-9-11/h2*5-6,12-15,17H,3-4,7-11,16H2,1-2H3,(H,30,31,32,34);4-7H,2-3H2,1H3;3-4,9H,2,5-8,10H2,1H3,(H2,13,14). The zero-order chi connectivity index (χ0) is 77.8. The fourth-order valence-electron chi connectivity index (χ4n) is 15.7. The van der Waals surface area contributed by atoms with Crippen LogP contribution in [0.3, 0.4) is 0 Å². The Kier molecular flexibility index (Phi) is 23.4. The van der Waals surface area contributed by atoms with Crippen LogP contribution in [0.25, 0.3) is 66.9 Å². The number of nitrogens with one attached hydrogen (secondary N) is 2. The van der Waals surface area contributed by atoms with E-state index >= 15 is 0 Å². The molecule has 31 heteroatoms. The van der Waals surface area contributed by atoms with Gasteiger partial charge in [0.2, 0.25) is 17.2 Å². The maximum atomic E-state index is 15.0. The number of hydrogen-bond donors (Lipinski definition) is 3. The quantitative estimate of drug-likeness (QED) is 0.0602. The highest BCUT2D eigenvalue weighted by Crippen LogP contribution is 2.39. The number of rotatable bonds is 16. The number of aryl methyl sites for hydroxylation is 3. The van der Waals surface area contributed by atoms with Crippen molar-refractivity contribution in [3.05, 3.63) is 184 Å². The van der Waals surface area contributed by atoms with Gasteiger partial charge < -0.3 is 44.8 Å². The summed E-state index contributed by atoms with van der Waals surface area (Å²) in [7, 11) is 0. The van der Waals surface area contributed by atoms with Crippen molar-refractivity contribution in [2.24, 2.45) is 0 Å². The van der Waals surface area contributed by atoms with Gasteiger partial charge in [-0.15, -0.1) is 0 Å². The van der Waals surface area contributed by atoms with Crippen LogP contribution in [0.15, 0.2) is 110 Å². The third kappa shape index (κ3) is 17.2. The average molecular weight is 1550 g/mol. The number of fused-ring (bicyclic) bond motifs is 9. The monoisotopic (exact) mass is 1550 g/mol. The Morgan fingerprint density at radius 3 is 1.02 bits per heavy atom. The predicted octanol–water partition coefficient (Wildman–Crippen LogP) is 13.8. The lowest BCUT2D eigenvalue weighted by molar-refractivity contribution is 0.132. The second-order valence-corrected chi connectivity index (χ2v) is 29.9. The maximum absolute atomic E-state index is 15.0. The van der Waals surface area contributed by atoms with Gasteiger partial charge in [-0.2, -0.15) is 0 Å². The molecule has 9 aromatic heterocycles. The zero-order valence-corrected chi connectivity index (χ0v) is 64.5. The van der Waals surface area contributed by atoms with Crippen molar-refractivity contribution in [1.29, 1.82) is 0 Å². The Bertz CT molecular complexity index is 5090. The average Bonchev–Trinajstić information content (AvgIpc) is 1.62. The second kappa shape index (κ2) is 34.0. The van der Waals surface area contributed by atoms with Gasteiger partial charge in [0.1, 0.15) is 68.6 Å². The van der Waals surface area contributed by atoms with Crippen LogP contribution < -0.4 is 16.4 Å². The van der Waals surface area contributed by atoms with E-state index in [9.17, 15) is 26.3 Å². The van der Waals surface area contributed by atoms with Crippen LogP contribution in [0.4, 0.5) is 55.7 Å². The molecule has 0 saturated carbocycles. The summed E-state index contributed by atoms with van der Waals surface area (Å²) in [5.41, 5.74) is 13.1. The van der Waals surface area contributed by atoms with E-state index in [0.717, 1.165) is 190 Å². The summed E-state index contributed by atoms with van der Waals surface area (Å²) < 4.78 is 93.9. The number of likely N-dealkylation sites (N-methyl/N-ethyl adjacent to an activating group) is 3. The molecule has 12 aromatic rings. The Morgan fingerprint density at radius 1 is 0.375 bits per heavy atom. The van der Waals surface area contributed by atoms with E-state index in [1.54, 1.807) is 18.2 Å². The number of anilines is 5. The molecule has 0 bridgehead atoms. The lowest BCUT2D eigenvalue weighted by atomic mass is 10.1. The molecule has 18 rings (SSSR count). The van der Waals surface area contributed by atoms with Gasteiger partial charge in [0, 0.05) is 171 Å². The van der Waals surface area contributed by atoms with Crippen LogP contribution in [-0.2, 0) is 38.9 Å². The molecule has 6 aliphatic rings. The molecule has 4 N–H and O–H groups in total. The summed E-state index contributed by atoms with van der Waals surface area (Å²) >= 11 is 5.72. The molecule has 112 heavy (non-hydrogen) atoms.